The molecule has 8 heteroatoms. The number of rotatable bonds is 4. The number of benzene rings is 1. The van der Waals surface area contributed by atoms with Crippen LogP contribution in [-0.4, -0.2) is 42.2 Å². The normalized spacial score (nSPS) is 16.9. The van der Waals surface area contributed by atoms with Gasteiger partial charge in [0, 0.05) is 37.3 Å². The summed E-state index contributed by atoms with van der Waals surface area (Å²) < 4.78 is 4.72. The summed E-state index contributed by atoms with van der Waals surface area (Å²) in [5.74, 6) is 0. The summed E-state index contributed by atoms with van der Waals surface area (Å²) >= 11 is 6.16. The standard InChI is InChI=1S/C15H20ClN3O4/c1-10(13-4-3-12(19(21)22)9-14(13)16)17-11-5-7-18(8-6-11)15(20)23-2/h3-4,9-11,17H,5-8H2,1-2H3/t10-/m1/s1. The van der Waals surface area contributed by atoms with E-state index in [0.29, 0.717) is 18.1 Å². The number of halogens is 1. The molecule has 0 bridgehead atoms. The minimum Gasteiger partial charge on any atom is -0.453 e. The number of nitro groups is 1. The van der Waals surface area contributed by atoms with Crippen LogP contribution in [0.1, 0.15) is 31.4 Å². The molecule has 1 aliphatic heterocycles. The van der Waals surface area contributed by atoms with Crippen LogP contribution in [0.4, 0.5) is 10.5 Å². The van der Waals surface area contributed by atoms with E-state index >= 15 is 0 Å². The van der Waals surface area contributed by atoms with Gasteiger partial charge in [0.25, 0.3) is 5.69 Å². The zero-order chi connectivity index (χ0) is 17.0. The Morgan fingerprint density at radius 3 is 2.65 bits per heavy atom. The molecule has 0 spiro atoms. The van der Waals surface area contributed by atoms with Crippen molar-refractivity contribution < 1.29 is 14.5 Å². The monoisotopic (exact) mass is 341 g/mol. The molecule has 1 aromatic carbocycles. The second-order valence-electron chi connectivity index (χ2n) is 5.58. The summed E-state index contributed by atoms with van der Waals surface area (Å²) in [4.78, 5) is 23.4. The second kappa shape index (κ2) is 7.61. The number of hydrogen-bond donors (Lipinski definition) is 1. The average molecular weight is 342 g/mol. The van der Waals surface area contributed by atoms with Gasteiger partial charge in [-0.3, -0.25) is 10.1 Å². The number of hydrogen-bond acceptors (Lipinski definition) is 5. The number of ether oxygens (including phenoxy) is 1. The van der Waals surface area contributed by atoms with Crippen molar-refractivity contribution >= 4 is 23.4 Å². The lowest BCUT2D eigenvalue weighted by atomic mass is 10.0. The van der Waals surface area contributed by atoms with E-state index in [9.17, 15) is 14.9 Å². The highest BCUT2D eigenvalue weighted by Crippen LogP contribution is 2.28. The number of likely N-dealkylation sites (tertiary alicyclic amines) is 1. The van der Waals surface area contributed by atoms with Crippen molar-refractivity contribution in [3.8, 4) is 0 Å². The number of carbonyl (C=O) groups excluding carboxylic acids is 1. The minimum absolute atomic E-state index is 0.0164. The molecule has 1 aliphatic rings. The van der Waals surface area contributed by atoms with Gasteiger partial charge < -0.3 is 15.0 Å². The number of nitro benzene ring substituents is 1. The molecule has 1 fully saturated rings. The predicted molar refractivity (Wildman–Crippen MR) is 86.7 cm³/mol. The lowest BCUT2D eigenvalue weighted by Crippen LogP contribution is -2.45. The lowest BCUT2D eigenvalue weighted by Gasteiger charge is -2.33. The number of nitrogens with zero attached hydrogens (tertiary/aromatic N) is 2. The van der Waals surface area contributed by atoms with Gasteiger partial charge in [-0.25, -0.2) is 4.79 Å². The van der Waals surface area contributed by atoms with Crippen LogP contribution in [0, 0.1) is 10.1 Å². The Hall–Kier alpha value is -1.86. The van der Waals surface area contributed by atoms with Crippen LogP contribution in [0.2, 0.25) is 5.02 Å². The van der Waals surface area contributed by atoms with Crippen LogP contribution in [0.15, 0.2) is 18.2 Å². The summed E-state index contributed by atoms with van der Waals surface area (Å²) in [7, 11) is 1.38. The van der Waals surface area contributed by atoms with Crippen molar-refractivity contribution in [2.24, 2.45) is 0 Å². The van der Waals surface area contributed by atoms with Crippen LogP contribution in [0.3, 0.4) is 0 Å². The Balaban J connectivity index is 1.94. The zero-order valence-electron chi connectivity index (χ0n) is 13.1. The van der Waals surface area contributed by atoms with E-state index in [1.54, 1.807) is 11.0 Å². The first-order valence-electron chi connectivity index (χ1n) is 7.45. The highest BCUT2D eigenvalue weighted by molar-refractivity contribution is 6.31. The smallest absolute Gasteiger partial charge is 0.409 e. The summed E-state index contributed by atoms with van der Waals surface area (Å²) in [6, 6.07) is 4.74. The Bertz CT molecular complexity index is 588. The van der Waals surface area contributed by atoms with Crippen molar-refractivity contribution in [2.75, 3.05) is 20.2 Å². The Morgan fingerprint density at radius 1 is 1.48 bits per heavy atom. The van der Waals surface area contributed by atoms with E-state index < -0.39 is 4.92 Å². The molecule has 1 saturated heterocycles. The largest absolute Gasteiger partial charge is 0.453 e. The van der Waals surface area contributed by atoms with Crippen LogP contribution < -0.4 is 5.32 Å². The molecular formula is C15H20ClN3O4. The first kappa shape index (κ1) is 17.5. The second-order valence-corrected chi connectivity index (χ2v) is 5.99. The van der Waals surface area contributed by atoms with E-state index in [1.165, 1.54) is 19.2 Å². The molecule has 0 aromatic heterocycles. The number of carbonyl (C=O) groups is 1. The summed E-state index contributed by atoms with van der Waals surface area (Å²) in [5, 5.41) is 14.6. The van der Waals surface area contributed by atoms with Crippen LogP contribution in [0.25, 0.3) is 0 Å². The van der Waals surface area contributed by atoms with Crippen molar-refractivity contribution in [1.82, 2.24) is 10.2 Å². The van der Waals surface area contributed by atoms with Gasteiger partial charge in [-0.1, -0.05) is 11.6 Å². The van der Waals surface area contributed by atoms with Crippen molar-refractivity contribution in [2.45, 2.75) is 31.8 Å². The molecule has 23 heavy (non-hydrogen) atoms. The molecule has 126 valence electrons. The highest BCUT2D eigenvalue weighted by Gasteiger charge is 2.25. The molecule has 1 amide bonds. The Labute approximate surface area is 139 Å². The molecular weight excluding hydrogens is 322 g/mol. The predicted octanol–water partition coefficient (Wildman–Crippen LogP) is 3.13. The topological polar surface area (TPSA) is 84.7 Å². The van der Waals surface area contributed by atoms with Gasteiger partial charge in [-0.2, -0.15) is 0 Å². The Morgan fingerprint density at radius 2 is 2.13 bits per heavy atom. The third-order valence-corrected chi connectivity index (χ3v) is 4.40. The van der Waals surface area contributed by atoms with Crippen molar-refractivity contribution in [3.05, 3.63) is 38.9 Å². The summed E-state index contributed by atoms with van der Waals surface area (Å²) in [6.45, 7) is 3.26. The fourth-order valence-electron chi connectivity index (χ4n) is 2.78. The molecule has 1 N–H and O–H groups in total. The van der Waals surface area contributed by atoms with E-state index in [1.807, 2.05) is 6.92 Å². The van der Waals surface area contributed by atoms with Gasteiger partial charge >= 0.3 is 6.09 Å². The summed E-state index contributed by atoms with van der Waals surface area (Å²) in [6.07, 6.45) is 1.35. The zero-order valence-corrected chi connectivity index (χ0v) is 13.9. The molecule has 0 saturated carbocycles. The molecule has 0 unspecified atom stereocenters. The fourth-order valence-corrected chi connectivity index (χ4v) is 3.12. The number of amides is 1. The number of methoxy groups -OCH3 is 1. The maximum atomic E-state index is 11.5. The fraction of sp³-hybridized carbons (Fsp3) is 0.533. The summed E-state index contributed by atoms with van der Waals surface area (Å²) in [5.41, 5.74) is 0.810. The molecule has 1 aromatic rings. The van der Waals surface area contributed by atoms with Gasteiger partial charge in [-0.05, 0) is 31.4 Å². The molecule has 0 radical (unpaired) electrons. The number of nitrogens with one attached hydrogen (secondary N) is 1. The number of non-ortho nitro benzene ring substituents is 1. The average Bonchev–Trinajstić information content (AvgIpc) is 2.54. The molecule has 7 nitrogen and oxygen atoms in total. The maximum Gasteiger partial charge on any atom is 0.409 e. The van der Waals surface area contributed by atoms with E-state index in [-0.39, 0.29) is 23.9 Å². The SMILES string of the molecule is COC(=O)N1CCC(N[C@H](C)c2ccc([N+](=O)[O-])cc2Cl)CC1. The van der Waals surface area contributed by atoms with Gasteiger partial charge in [0.1, 0.15) is 0 Å². The van der Waals surface area contributed by atoms with Crippen LogP contribution in [-0.2, 0) is 4.74 Å². The number of piperidine rings is 1. The van der Waals surface area contributed by atoms with E-state index in [0.717, 1.165) is 18.4 Å². The quantitative estimate of drug-likeness (QED) is 0.671. The molecule has 1 atom stereocenters. The van der Waals surface area contributed by atoms with Gasteiger partial charge in [0.05, 0.1) is 17.1 Å². The van der Waals surface area contributed by atoms with Gasteiger partial charge in [-0.15, -0.1) is 0 Å². The first-order valence-corrected chi connectivity index (χ1v) is 7.83. The van der Waals surface area contributed by atoms with Crippen molar-refractivity contribution in [3.63, 3.8) is 0 Å². The van der Waals surface area contributed by atoms with E-state index in [2.05, 4.69) is 5.32 Å². The Kier molecular flexibility index (Phi) is 5.79. The van der Waals surface area contributed by atoms with Gasteiger partial charge in [0.2, 0.25) is 0 Å². The minimum atomic E-state index is -0.462. The van der Waals surface area contributed by atoms with E-state index in [4.69, 9.17) is 16.3 Å². The molecule has 1 heterocycles. The maximum absolute atomic E-state index is 11.5. The molecule has 2 rings (SSSR count). The third kappa shape index (κ3) is 4.33. The highest BCUT2D eigenvalue weighted by atomic mass is 35.5. The van der Waals surface area contributed by atoms with Crippen molar-refractivity contribution in [1.29, 1.82) is 0 Å². The van der Waals surface area contributed by atoms with Crippen LogP contribution >= 0.6 is 11.6 Å². The lowest BCUT2D eigenvalue weighted by molar-refractivity contribution is -0.384. The van der Waals surface area contributed by atoms with Crippen LogP contribution in [0.5, 0.6) is 0 Å². The van der Waals surface area contributed by atoms with Gasteiger partial charge in [0.15, 0.2) is 0 Å². The third-order valence-electron chi connectivity index (χ3n) is 4.07. The molecule has 0 aliphatic carbocycles. The first-order chi connectivity index (χ1) is 10.9.